The number of methoxy groups -OCH3 is 1. The van der Waals surface area contributed by atoms with Gasteiger partial charge in [0.15, 0.2) is 17.3 Å². The molecule has 2 aromatic carbocycles. The van der Waals surface area contributed by atoms with Crippen LogP contribution in [-0.4, -0.2) is 19.5 Å². The number of fused-ring (bicyclic) bond motifs is 1. The van der Waals surface area contributed by atoms with E-state index in [4.69, 9.17) is 14.2 Å². The first kappa shape index (κ1) is 19.5. The van der Waals surface area contributed by atoms with Crippen LogP contribution in [0.4, 0.5) is 0 Å². The highest BCUT2D eigenvalue weighted by molar-refractivity contribution is 9.10. The summed E-state index contributed by atoms with van der Waals surface area (Å²) < 4.78 is 17.8. The second-order valence-corrected chi connectivity index (χ2v) is 7.32. The molecule has 4 nitrogen and oxygen atoms in total. The summed E-state index contributed by atoms with van der Waals surface area (Å²) in [6.07, 6.45) is 6.34. The van der Waals surface area contributed by atoms with Gasteiger partial charge < -0.3 is 14.2 Å². The molecular formula is C22H23BrO4. The fraction of sp³-hybridized carbons (Fsp3) is 0.318. The minimum atomic E-state index is -0.124. The molecule has 1 aliphatic rings. The molecule has 0 aromatic heterocycles. The van der Waals surface area contributed by atoms with Crippen LogP contribution in [0.25, 0.3) is 6.08 Å². The molecular weight excluding hydrogens is 408 g/mol. The largest absolute Gasteiger partial charge is 0.493 e. The minimum absolute atomic E-state index is 0.124. The molecule has 3 rings (SSSR count). The molecule has 0 amide bonds. The van der Waals surface area contributed by atoms with E-state index in [-0.39, 0.29) is 5.78 Å². The zero-order valence-corrected chi connectivity index (χ0v) is 17.2. The van der Waals surface area contributed by atoms with Crippen molar-refractivity contribution in [3.63, 3.8) is 0 Å². The lowest BCUT2D eigenvalue weighted by Gasteiger charge is -2.11. The van der Waals surface area contributed by atoms with Gasteiger partial charge in [0.2, 0.25) is 5.78 Å². The van der Waals surface area contributed by atoms with E-state index in [1.165, 1.54) is 19.3 Å². The van der Waals surface area contributed by atoms with E-state index >= 15 is 0 Å². The van der Waals surface area contributed by atoms with Crippen LogP contribution in [-0.2, 0) is 0 Å². The van der Waals surface area contributed by atoms with E-state index in [0.717, 1.165) is 16.5 Å². The molecule has 0 N–H and O–H groups in total. The SMILES string of the molecule is CCCCCCOc1ccc(/C=C2\Oc3ccc(Br)cc3C2=O)cc1OC. The molecule has 0 spiro atoms. The normalized spacial score (nSPS) is 14.2. The minimum Gasteiger partial charge on any atom is -0.493 e. The van der Waals surface area contributed by atoms with Crippen LogP contribution >= 0.6 is 15.9 Å². The molecule has 0 bridgehead atoms. The first-order chi connectivity index (χ1) is 13.1. The highest BCUT2D eigenvalue weighted by Crippen LogP contribution is 2.35. The number of Topliss-reactive ketones (excluding diaryl/α,β-unsaturated/α-hetero) is 1. The predicted octanol–water partition coefficient (Wildman–Crippen LogP) is 6.03. The fourth-order valence-electron chi connectivity index (χ4n) is 2.92. The van der Waals surface area contributed by atoms with E-state index in [0.29, 0.717) is 35.2 Å². The van der Waals surface area contributed by atoms with E-state index in [1.807, 2.05) is 24.3 Å². The van der Waals surface area contributed by atoms with Crippen LogP contribution in [0.2, 0.25) is 0 Å². The topological polar surface area (TPSA) is 44.8 Å². The summed E-state index contributed by atoms with van der Waals surface area (Å²) in [5, 5.41) is 0. The van der Waals surface area contributed by atoms with Crippen molar-refractivity contribution in [1.82, 2.24) is 0 Å². The number of rotatable bonds is 8. The summed E-state index contributed by atoms with van der Waals surface area (Å²) in [4.78, 5) is 12.5. The maximum absolute atomic E-state index is 12.5. The average molecular weight is 431 g/mol. The molecule has 0 saturated carbocycles. The summed E-state index contributed by atoms with van der Waals surface area (Å²) in [5.41, 5.74) is 1.38. The Morgan fingerprint density at radius 2 is 1.93 bits per heavy atom. The summed E-state index contributed by atoms with van der Waals surface area (Å²) in [6.45, 7) is 2.86. The van der Waals surface area contributed by atoms with Crippen molar-refractivity contribution >= 4 is 27.8 Å². The Labute approximate surface area is 168 Å². The van der Waals surface area contributed by atoms with Crippen molar-refractivity contribution in [3.05, 3.63) is 57.8 Å². The molecule has 0 unspecified atom stereocenters. The maximum atomic E-state index is 12.5. The van der Waals surface area contributed by atoms with Gasteiger partial charge in [-0.3, -0.25) is 4.79 Å². The lowest BCUT2D eigenvalue weighted by molar-refractivity contribution is 0.101. The van der Waals surface area contributed by atoms with Crippen LogP contribution in [0, 0.1) is 0 Å². The standard InChI is InChI=1S/C22H23BrO4/c1-3-4-5-6-11-26-19-9-7-15(12-20(19)25-2)13-21-22(24)17-14-16(23)8-10-18(17)27-21/h7-10,12-14H,3-6,11H2,1-2H3/b21-13-. The van der Waals surface area contributed by atoms with Crippen LogP contribution in [0.15, 0.2) is 46.6 Å². The van der Waals surface area contributed by atoms with Gasteiger partial charge >= 0.3 is 0 Å². The molecule has 27 heavy (non-hydrogen) atoms. The van der Waals surface area contributed by atoms with E-state index in [2.05, 4.69) is 22.9 Å². The monoisotopic (exact) mass is 430 g/mol. The molecule has 0 fully saturated rings. The molecule has 0 atom stereocenters. The highest BCUT2D eigenvalue weighted by Gasteiger charge is 2.27. The van der Waals surface area contributed by atoms with Gasteiger partial charge in [0.1, 0.15) is 5.75 Å². The molecule has 1 heterocycles. The molecule has 0 aliphatic carbocycles. The molecule has 0 saturated heterocycles. The molecule has 5 heteroatoms. The molecule has 0 radical (unpaired) electrons. The van der Waals surface area contributed by atoms with E-state index < -0.39 is 0 Å². The smallest absolute Gasteiger partial charge is 0.232 e. The van der Waals surface area contributed by atoms with E-state index in [1.54, 1.807) is 25.3 Å². The third-order valence-corrected chi connectivity index (χ3v) is 4.86. The quantitative estimate of drug-likeness (QED) is 0.378. The Morgan fingerprint density at radius 1 is 1.07 bits per heavy atom. The van der Waals surface area contributed by atoms with Crippen LogP contribution in [0.3, 0.4) is 0 Å². The first-order valence-electron chi connectivity index (χ1n) is 9.17. The van der Waals surface area contributed by atoms with Crippen molar-refractivity contribution in [2.75, 3.05) is 13.7 Å². The van der Waals surface area contributed by atoms with Crippen molar-refractivity contribution < 1.29 is 19.0 Å². The molecule has 142 valence electrons. The van der Waals surface area contributed by atoms with Crippen molar-refractivity contribution in [2.24, 2.45) is 0 Å². The number of carbonyl (C=O) groups excluding carboxylic acids is 1. The number of ketones is 1. The number of halogens is 1. The average Bonchev–Trinajstić information content (AvgIpc) is 2.97. The number of hydrogen-bond acceptors (Lipinski definition) is 4. The highest BCUT2D eigenvalue weighted by atomic mass is 79.9. The fourth-order valence-corrected chi connectivity index (χ4v) is 3.28. The second kappa shape index (κ2) is 9.09. The Bertz CT molecular complexity index is 857. The summed E-state index contributed by atoms with van der Waals surface area (Å²) >= 11 is 3.38. The van der Waals surface area contributed by atoms with Gasteiger partial charge in [-0.05, 0) is 48.4 Å². The number of ether oxygens (including phenoxy) is 3. The maximum Gasteiger partial charge on any atom is 0.232 e. The molecule has 1 aliphatic heterocycles. The molecule has 2 aromatic rings. The van der Waals surface area contributed by atoms with Crippen LogP contribution in [0.1, 0.15) is 48.5 Å². The summed E-state index contributed by atoms with van der Waals surface area (Å²) in [7, 11) is 1.61. The number of hydrogen-bond donors (Lipinski definition) is 0. The van der Waals surface area contributed by atoms with Gasteiger partial charge in [0.05, 0.1) is 19.3 Å². The van der Waals surface area contributed by atoms with Crippen LogP contribution < -0.4 is 14.2 Å². The van der Waals surface area contributed by atoms with Crippen molar-refractivity contribution in [2.45, 2.75) is 32.6 Å². The van der Waals surface area contributed by atoms with Crippen molar-refractivity contribution in [1.29, 1.82) is 0 Å². The third-order valence-electron chi connectivity index (χ3n) is 4.37. The number of allylic oxidation sites excluding steroid dienone is 1. The van der Waals surface area contributed by atoms with Gasteiger partial charge in [0, 0.05) is 4.47 Å². The first-order valence-corrected chi connectivity index (χ1v) is 9.96. The lowest BCUT2D eigenvalue weighted by atomic mass is 10.1. The number of unbranched alkanes of at least 4 members (excludes halogenated alkanes) is 3. The Hall–Kier alpha value is -2.27. The predicted molar refractivity (Wildman–Crippen MR) is 110 cm³/mol. The number of benzene rings is 2. The Balaban J connectivity index is 1.72. The van der Waals surface area contributed by atoms with Crippen molar-refractivity contribution in [3.8, 4) is 17.2 Å². The van der Waals surface area contributed by atoms with E-state index in [9.17, 15) is 4.79 Å². The van der Waals surface area contributed by atoms with Gasteiger partial charge in [-0.2, -0.15) is 0 Å². The second-order valence-electron chi connectivity index (χ2n) is 6.40. The van der Waals surface area contributed by atoms with Crippen LogP contribution in [0.5, 0.6) is 17.2 Å². The zero-order chi connectivity index (χ0) is 19.2. The zero-order valence-electron chi connectivity index (χ0n) is 15.6. The summed E-state index contributed by atoms with van der Waals surface area (Å²) in [6, 6.07) is 11.0. The lowest BCUT2D eigenvalue weighted by Crippen LogP contribution is -2.00. The third kappa shape index (κ3) is 4.72. The summed E-state index contributed by atoms with van der Waals surface area (Å²) in [5.74, 6) is 2.11. The van der Waals surface area contributed by atoms with Gasteiger partial charge in [-0.15, -0.1) is 0 Å². The number of carbonyl (C=O) groups is 1. The van der Waals surface area contributed by atoms with Gasteiger partial charge in [-0.25, -0.2) is 0 Å². The Morgan fingerprint density at radius 3 is 2.70 bits per heavy atom. The van der Waals surface area contributed by atoms with Gasteiger partial charge in [-0.1, -0.05) is 48.2 Å². The Kier molecular flexibility index (Phi) is 6.56. The van der Waals surface area contributed by atoms with Gasteiger partial charge in [0.25, 0.3) is 0 Å².